The molecule has 5 amide bonds. The van der Waals surface area contributed by atoms with Crippen LogP contribution in [0.15, 0.2) is 24.5 Å². The van der Waals surface area contributed by atoms with Crippen LogP contribution in [-0.2, 0) is 14.4 Å². The summed E-state index contributed by atoms with van der Waals surface area (Å²) >= 11 is 1.89. The molecule has 1 aromatic rings. The third-order valence-corrected chi connectivity index (χ3v) is 9.36. The molecule has 4 rings (SSSR count). The van der Waals surface area contributed by atoms with Gasteiger partial charge in [-0.2, -0.15) is 11.8 Å². The molecule has 0 radical (unpaired) electrons. The maximum absolute atomic E-state index is 13.1. The molecule has 12 heteroatoms. The third-order valence-electron chi connectivity index (χ3n) is 7.85. The first-order valence-electron chi connectivity index (χ1n) is 14.5. The number of carbonyl (C=O) groups excluding carboxylic acids is 4. The number of fused-ring (bicyclic) bond motifs is 1. The summed E-state index contributed by atoms with van der Waals surface area (Å²) in [6.07, 6.45) is 9.48. The molecule has 4 heterocycles. The molecular formula is C28H42N6O5S. The van der Waals surface area contributed by atoms with Crippen molar-refractivity contribution in [3.63, 3.8) is 0 Å². The van der Waals surface area contributed by atoms with Crippen molar-refractivity contribution in [1.82, 2.24) is 31.2 Å². The molecule has 0 spiro atoms. The molecule has 0 aromatic carbocycles. The van der Waals surface area contributed by atoms with Gasteiger partial charge in [0, 0.05) is 55.9 Å². The summed E-state index contributed by atoms with van der Waals surface area (Å²) < 4.78 is 0. The number of pyridine rings is 1. The standard InChI is InChI=1S/C28H42N6O5S/c35-22(9-4-3-8-21-24-20(18-40-21)31-28(39)33-24)30-13-5-1-2-10-23(36)32-25(27(38)34-16-6-7-17-34)26(37)19-11-14-29-15-12-19/h11-12,14-15,20-21,24-26,37H,1-10,13,16-18H2,(H,30,35)(H,32,36)(H2,31,33,39). The summed E-state index contributed by atoms with van der Waals surface area (Å²) in [4.78, 5) is 55.0. The number of aromatic nitrogens is 1. The van der Waals surface area contributed by atoms with Crippen molar-refractivity contribution in [2.75, 3.05) is 25.4 Å². The number of hydrogen-bond donors (Lipinski definition) is 5. The van der Waals surface area contributed by atoms with Crippen LogP contribution in [0.3, 0.4) is 0 Å². The van der Waals surface area contributed by atoms with E-state index in [1.165, 1.54) is 0 Å². The first kappa shape index (κ1) is 30.1. The van der Waals surface area contributed by atoms with E-state index in [2.05, 4.69) is 26.3 Å². The predicted octanol–water partition coefficient (Wildman–Crippen LogP) is 1.62. The third kappa shape index (κ3) is 8.57. The van der Waals surface area contributed by atoms with Gasteiger partial charge in [0.2, 0.25) is 17.7 Å². The average Bonchev–Trinajstić information content (AvgIpc) is 3.70. The quantitative estimate of drug-likeness (QED) is 0.158. The first-order chi connectivity index (χ1) is 19.4. The average molecular weight is 575 g/mol. The Bertz CT molecular complexity index is 1010. The van der Waals surface area contributed by atoms with Gasteiger partial charge in [0.1, 0.15) is 12.1 Å². The molecule has 11 nitrogen and oxygen atoms in total. The van der Waals surface area contributed by atoms with Crippen LogP contribution in [-0.4, -0.2) is 87.5 Å². The van der Waals surface area contributed by atoms with Gasteiger partial charge in [-0.3, -0.25) is 19.4 Å². The molecule has 3 aliphatic rings. The maximum atomic E-state index is 13.1. The minimum absolute atomic E-state index is 0.0406. The van der Waals surface area contributed by atoms with Gasteiger partial charge in [-0.1, -0.05) is 12.8 Å². The van der Waals surface area contributed by atoms with Gasteiger partial charge >= 0.3 is 6.03 Å². The molecule has 1 aromatic heterocycles. The van der Waals surface area contributed by atoms with Gasteiger partial charge < -0.3 is 31.3 Å². The summed E-state index contributed by atoms with van der Waals surface area (Å²) in [6.45, 7) is 1.84. The zero-order valence-electron chi connectivity index (χ0n) is 23.0. The second kappa shape index (κ2) is 15.2. The molecule has 0 saturated carbocycles. The minimum atomic E-state index is -1.15. The van der Waals surface area contributed by atoms with Crippen LogP contribution in [0.1, 0.15) is 75.9 Å². The number of hydrogen-bond acceptors (Lipinski definition) is 7. The van der Waals surface area contributed by atoms with E-state index in [-0.39, 0.29) is 42.3 Å². The van der Waals surface area contributed by atoms with Crippen LogP contribution in [0, 0.1) is 0 Å². The molecule has 3 aliphatic heterocycles. The molecule has 220 valence electrons. The smallest absolute Gasteiger partial charge is 0.315 e. The Hall–Kier alpha value is -2.86. The Labute approximate surface area is 240 Å². The number of amides is 5. The highest BCUT2D eigenvalue weighted by atomic mass is 32.2. The zero-order chi connectivity index (χ0) is 28.3. The number of nitrogens with one attached hydrogen (secondary N) is 4. The van der Waals surface area contributed by atoms with E-state index < -0.39 is 12.1 Å². The molecule has 0 bridgehead atoms. The lowest BCUT2D eigenvalue weighted by atomic mass is 10.0. The van der Waals surface area contributed by atoms with Crippen molar-refractivity contribution in [2.45, 2.75) is 93.7 Å². The van der Waals surface area contributed by atoms with Crippen LogP contribution in [0.25, 0.3) is 0 Å². The molecule has 40 heavy (non-hydrogen) atoms. The topological polar surface area (TPSA) is 153 Å². The maximum Gasteiger partial charge on any atom is 0.315 e. The highest BCUT2D eigenvalue weighted by Crippen LogP contribution is 2.33. The van der Waals surface area contributed by atoms with E-state index in [0.29, 0.717) is 43.3 Å². The highest BCUT2D eigenvalue weighted by Gasteiger charge is 2.42. The van der Waals surface area contributed by atoms with E-state index in [9.17, 15) is 24.3 Å². The number of nitrogens with zero attached hydrogens (tertiary/aromatic N) is 2. The van der Waals surface area contributed by atoms with E-state index in [1.54, 1.807) is 29.4 Å². The van der Waals surface area contributed by atoms with Gasteiger partial charge in [0.05, 0.1) is 12.1 Å². The largest absolute Gasteiger partial charge is 0.386 e. The summed E-state index contributed by atoms with van der Waals surface area (Å²) in [5, 5.41) is 23.0. The molecule has 5 atom stereocenters. The second-order valence-corrected chi connectivity index (χ2v) is 12.1. The number of carbonyl (C=O) groups is 4. The molecule has 5 N–H and O–H groups in total. The van der Waals surface area contributed by atoms with Crippen LogP contribution in [0.4, 0.5) is 4.79 Å². The second-order valence-electron chi connectivity index (χ2n) is 10.8. The number of rotatable bonds is 15. The highest BCUT2D eigenvalue weighted by molar-refractivity contribution is 8.00. The number of thioether (sulfide) groups is 1. The Balaban J connectivity index is 1.07. The minimum Gasteiger partial charge on any atom is -0.386 e. The fourth-order valence-corrected chi connectivity index (χ4v) is 7.13. The number of unbranched alkanes of at least 4 members (excludes halogenated alkanes) is 3. The molecule has 0 aliphatic carbocycles. The Morgan fingerprint density at radius 3 is 2.52 bits per heavy atom. The van der Waals surface area contributed by atoms with Crippen LogP contribution in [0.2, 0.25) is 0 Å². The molecule has 3 fully saturated rings. The number of urea groups is 1. The number of aliphatic hydroxyl groups excluding tert-OH is 1. The monoisotopic (exact) mass is 574 g/mol. The van der Waals surface area contributed by atoms with Gasteiger partial charge in [-0.25, -0.2) is 4.79 Å². The number of aliphatic hydroxyl groups is 1. The van der Waals surface area contributed by atoms with Crippen molar-refractivity contribution in [2.24, 2.45) is 0 Å². The van der Waals surface area contributed by atoms with E-state index in [1.807, 2.05) is 11.8 Å². The normalized spacial score (nSPS) is 23.2. The van der Waals surface area contributed by atoms with Gasteiger partial charge in [0.15, 0.2) is 0 Å². The zero-order valence-corrected chi connectivity index (χ0v) is 23.8. The molecular weight excluding hydrogens is 532 g/mol. The Morgan fingerprint density at radius 2 is 1.75 bits per heavy atom. The van der Waals surface area contributed by atoms with Crippen LogP contribution < -0.4 is 21.3 Å². The van der Waals surface area contributed by atoms with E-state index in [4.69, 9.17) is 0 Å². The van der Waals surface area contributed by atoms with Crippen LogP contribution in [0.5, 0.6) is 0 Å². The number of likely N-dealkylation sites (tertiary alicyclic amines) is 1. The van der Waals surface area contributed by atoms with E-state index >= 15 is 0 Å². The van der Waals surface area contributed by atoms with E-state index in [0.717, 1.165) is 50.7 Å². The van der Waals surface area contributed by atoms with Crippen molar-refractivity contribution in [1.29, 1.82) is 0 Å². The van der Waals surface area contributed by atoms with Crippen molar-refractivity contribution < 1.29 is 24.3 Å². The van der Waals surface area contributed by atoms with Gasteiger partial charge in [-0.15, -0.1) is 0 Å². The molecule has 5 unspecified atom stereocenters. The fraction of sp³-hybridized carbons (Fsp3) is 0.679. The Kier molecular flexibility index (Phi) is 11.5. The lowest BCUT2D eigenvalue weighted by Crippen LogP contribution is -2.51. The fourth-order valence-electron chi connectivity index (χ4n) is 5.59. The lowest BCUT2D eigenvalue weighted by Gasteiger charge is -2.28. The first-order valence-corrected chi connectivity index (χ1v) is 15.6. The van der Waals surface area contributed by atoms with Crippen LogP contribution >= 0.6 is 11.8 Å². The van der Waals surface area contributed by atoms with Crippen molar-refractivity contribution in [3.8, 4) is 0 Å². The SMILES string of the molecule is O=C(CCCCC1SCC2NC(=O)NC21)NCCCCCC(=O)NC(C(=O)N1CCCC1)C(O)c1ccncc1. The summed E-state index contributed by atoms with van der Waals surface area (Å²) in [6, 6.07) is 2.62. The summed E-state index contributed by atoms with van der Waals surface area (Å²) in [5.41, 5.74) is 0.536. The van der Waals surface area contributed by atoms with Crippen molar-refractivity contribution in [3.05, 3.63) is 30.1 Å². The van der Waals surface area contributed by atoms with Gasteiger partial charge in [-0.05, 0) is 56.2 Å². The van der Waals surface area contributed by atoms with Gasteiger partial charge in [0.25, 0.3) is 0 Å². The summed E-state index contributed by atoms with van der Waals surface area (Å²) in [7, 11) is 0. The van der Waals surface area contributed by atoms with Crippen molar-refractivity contribution >= 4 is 35.5 Å². The lowest BCUT2D eigenvalue weighted by molar-refractivity contribution is -0.139. The Morgan fingerprint density at radius 1 is 1.02 bits per heavy atom. The molecule has 3 saturated heterocycles. The summed E-state index contributed by atoms with van der Waals surface area (Å²) in [5.74, 6) is 0.459. The predicted molar refractivity (Wildman–Crippen MR) is 152 cm³/mol.